The van der Waals surface area contributed by atoms with Crippen LogP contribution in [0, 0.1) is 11.7 Å². The maximum absolute atomic E-state index is 14.1. The standard InChI is InChI=1S/C18H25FN2O2/c1-18(2)17(22)21(11-12-6-4-5-7-12)16(20-18)13-8-9-15(23-3)14(19)10-13/h8-10,12,16,20H,4-7,11H2,1-3H3. The van der Waals surface area contributed by atoms with Gasteiger partial charge in [-0.2, -0.15) is 0 Å². The second-order valence-corrected chi connectivity index (χ2v) is 7.17. The average molecular weight is 320 g/mol. The minimum atomic E-state index is -0.625. The number of carbonyl (C=O) groups excluding carboxylic acids is 1. The molecule has 1 saturated carbocycles. The molecule has 1 aromatic rings. The molecule has 3 rings (SSSR count). The van der Waals surface area contributed by atoms with Gasteiger partial charge in [0.1, 0.15) is 6.17 Å². The Kier molecular flexibility index (Phi) is 4.32. The number of benzene rings is 1. The van der Waals surface area contributed by atoms with Crippen LogP contribution in [-0.2, 0) is 4.79 Å². The number of hydrogen-bond donors (Lipinski definition) is 1. The molecule has 0 spiro atoms. The van der Waals surface area contributed by atoms with Crippen molar-refractivity contribution in [3.63, 3.8) is 0 Å². The Morgan fingerprint density at radius 2 is 2.04 bits per heavy atom. The molecular weight excluding hydrogens is 295 g/mol. The number of nitrogens with one attached hydrogen (secondary N) is 1. The number of hydrogen-bond acceptors (Lipinski definition) is 3. The number of methoxy groups -OCH3 is 1. The Morgan fingerprint density at radius 1 is 1.35 bits per heavy atom. The van der Waals surface area contributed by atoms with Gasteiger partial charge in [0.2, 0.25) is 5.91 Å². The fourth-order valence-corrected chi connectivity index (χ4v) is 3.73. The molecule has 0 bridgehead atoms. The molecule has 1 heterocycles. The molecule has 2 aliphatic rings. The number of rotatable bonds is 4. The van der Waals surface area contributed by atoms with Crippen molar-refractivity contribution in [1.82, 2.24) is 10.2 Å². The summed E-state index contributed by atoms with van der Waals surface area (Å²) in [7, 11) is 1.45. The van der Waals surface area contributed by atoms with E-state index in [1.807, 2.05) is 24.8 Å². The lowest BCUT2D eigenvalue weighted by molar-refractivity contribution is -0.133. The molecule has 0 aromatic heterocycles. The lowest BCUT2D eigenvalue weighted by atomic mass is 10.0. The fourth-order valence-electron chi connectivity index (χ4n) is 3.73. The van der Waals surface area contributed by atoms with Crippen LogP contribution in [0.5, 0.6) is 5.75 Å². The molecule has 2 fully saturated rings. The first-order valence-electron chi connectivity index (χ1n) is 8.34. The summed E-state index contributed by atoms with van der Waals surface area (Å²) in [4.78, 5) is 14.6. The molecule has 1 saturated heterocycles. The van der Waals surface area contributed by atoms with Crippen LogP contribution < -0.4 is 10.1 Å². The normalized spacial score (nSPS) is 24.4. The number of carbonyl (C=O) groups is 1. The van der Waals surface area contributed by atoms with E-state index in [1.165, 1.54) is 38.9 Å². The minimum Gasteiger partial charge on any atom is -0.494 e. The molecule has 1 atom stereocenters. The van der Waals surface area contributed by atoms with Crippen LogP contribution >= 0.6 is 0 Å². The summed E-state index contributed by atoms with van der Waals surface area (Å²) in [6.45, 7) is 4.52. The third kappa shape index (κ3) is 3.07. The van der Waals surface area contributed by atoms with Crippen LogP contribution in [0.15, 0.2) is 18.2 Å². The van der Waals surface area contributed by atoms with E-state index in [0.717, 1.165) is 12.1 Å². The van der Waals surface area contributed by atoms with Crippen molar-refractivity contribution in [3.8, 4) is 5.75 Å². The lowest BCUT2D eigenvalue weighted by Gasteiger charge is -2.27. The Hall–Kier alpha value is -1.62. The summed E-state index contributed by atoms with van der Waals surface area (Å²) in [5.74, 6) is 0.468. The zero-order valence-electron chi connectivity index (χ0n) is 14.1. The molecule has 23 heavy (non-hydrogen) atoms. The second-order valence-electron chi connectivity index (χ2n) is 7.17. The minimum absolute atomic E-state index is 0.0885. The summed E-state index contributed by atoms with van der Waals surface area (Å²) in [5, 5.41) is 3.35. The SMILES string of the molecule is COc1ccc(C2NC(C)(C)C(=O)N2CC2CCCC2)cc1F. The van der Waals surface area contributed by atoms with Crippen molar-refractivity contribution < 1.29 is 13.9 Å². The van der Waals surface area contributed by atoms with E-state index in [0.29, 0.717) is 5.92 Å². The van der Waals surface area contributed by atoms with E-state index in [4.69, 9.17) is 4.74 Å². The topological polar surface area (TPSA) is 41.6 Å². The molecule has 1 aliphatic carbocycles. The van der Waals surface area contributed by atoms with Crippen molar-refractivity contribution in [3.05, 3.63) is 29.6 Å². The van der Waals surface area contributed by atoms with E-state index < -0.39 is 11.4 Å². The quantitative estimate of drug-likeness (QED) is 0.926. The van der Waals surface area contributed by atoms with E-state index in [9.17, 15) is 9.18 Å². The highest BCUT2D eigenvalue weighted by molar-refractivity contribution is 5.88. The first-order chi connectivity index (χ1) is 10.9. The molecular formula is C18H25FN2O2. The summed E-state index contributed by atoms with van der Waals surface area (Å²) in [6, 6.07) is 4.92. The lowest BCUT2D eigenvalue weighted by Crippen LogP contribution is -2.40. The smallest absolute Gasteiger partial charge is 0.243 e. The molecule has 1 unspecified atom stereocenters. The Labute approximate surface area is 137 Å². The summed E-state index contributed by atoms with van der Waals surface area (Å²) >= 11 is 0. The number of nitrogens with zero attached hydrogens (tertiary/aromatic N) is 1. The van der Waals surface area contributed by atoms with Crippen LogP contribution in [0.3, 0.4) is 0 Å². The molecule has 1 aromatic carbocycles. The van der Waals surface area contributed by atoms with E-state index in [-0.39, 0.29) is 17.8 Å². The highest BCUT2D eigenvalue weighted by atomic mass is 19.1. The summed E-state index contributed by atoms with van der Waals surface area (Å²) in [5.41, 5.74) is 0.139. The van der Waals surface area contributed by atoms with Gasteiger partial charge in [-0.1, -0.05) is 18.9 Å². The van der Waals surface area contributed by atoms with Crippen molar-refractivity contribution >= 4 is 5.91 Å². The summed E-state index contributed by atoms with van der Waals surface area (Å²) < 4.78 is 19.1. The van der Waals surface area contributed by atoms with Crippen molar-refractivity contribution in [2.24, 2.45) is 5.92 Å². The Morgan fingerprint density at radius 3 is 2.65 bits per heavy atom. The van der Waals surface area contributed by atoms with Crippen molar-refractivity contribution in [2.75, 3.05) is 13.7 Å². The molecule has 5 heteroatoms. The first-order valence-corrected chi connectivity index (χ1v) is 8.34. The number of halogens is 1. The van der Waals surface area contributed by atoms with Crippen LogP contribution in [0.4, 0.5) is 4.39 Å². The molecule has 1 aliphatic heterocycles. The zero-order chi connectivity index (χ0) is 16.6. The van der Waals surface area contributed by atoms with Gasteiger partial charge < -0.3 is 9.64 Å². The number of ether oxygens (including phenoxy) is 1. The molecule has 0 radical (unpaired) electrons. The Balaban J connectivity index is 1.88. The second kappa shape index (κ2) is 6.11. The predicted molar refractivity (Wildman–Crippen MR) is 86.6 cm³/mol. The van der Waals surface area contributed by atoms with Gasteiger partial charge in [0.25, 0.3) is 0 Å². The van der Waals surface area contributed by atoms with Crippen LogP contribution in [-0.4, -0.2) is 30.0 Å². The highest BCUT2D eigenvalue weighted by Crippen LogP contribution is 2.35. The van der Waals surface area contributed by atoms with Gasteiger partial charge in [-0.05, 0) is 50.3 Å². The molecule has 1 N–H and O–H groups in total. The van der Waals surface area contributed by atoms with Crippen LogP contribution in [0.2, 0.25) is 0 Å². The van der Waals surface area contributed by atoms with Gasteiger partial charge in [-0.3, -0.25) is 10.1 Å². The maximum Gasteiger partial charge on any atom is 0.243 e. The third-order valence-corrected chi connectivity index (χ3v) is 5.03. The zero-order valence-corrected chi connectivity index (χ0v) is 14.1. The van der Waals surface area contributed by atoms with Crippen LogP contribution in [0.25, 0.3) is 0 Å². The van der Waals surface area contributed by atoms with E-state index in [2.05, 4.69) is 5.32 Å². The first kappa shape index (κ1) is 16.2. The van der Waals surface area contributed by atoms with Gasteiger partial charge in [0, 0.05) is 6.54 Å². The van der Waals surface area contributed by atoms with Gasteiger partial charge in [-0.25, -0.2) is 4.39 Å². The maximum atomic E-state index is 14.1. The predicted octanol–water partition coefficient (Wildman–Crippen LogP) is 3.23. The van der Waals surface area contributed by atoms with Crippen molar-refractivity contribution in [1.29, 1.82) is 0 Å². The number of amides is 1. The average Bonchev–Trinajstić information content (AvgIpc) is 3.09. The van der Waals surface area contributed by atoms with E-state index >= 15 is 0 Å². The van der Waals surface area contributed by atoms with Crippen LogP contribution in [0.1, 0.15) is 51.3 Å². The molecule has 4 nitrogen and oxygen atoms in total. The van der Waals surface area contributed by atoms with E-state index in [1.54, 1.807) is 6.07 Å². The Bertz CT molecular complexity index is 597. The summed E-state index contributed by atoms with van der Waals surface area (Å²) in [6.07, 6.45) is 4.55. The highest BCUT2D eigenvalue weighted by Gasteiger charge is 2.46. The molecule has 1 amide bonds. The largest absolute Gasteiger partial charge is 0.494 e. The fraction of sp³-hybridized carbons (Fsp3) is 0.611. The van der Waals surface area contributed by atoms with Gasteiger partial charge >= 0.3 is 0 Å². The monoisotopic (exact) mass is 320 g/mol. The van der Waals surface area contributed by atoms with Crippen molar-refractivity contribution in [2.45, 2.75) is 51.2 Å². The molecule has 126 valence electrons. The van der Waals surface area contributed by atoms with Gasteiger partial charge in [0.05, 0.1) is 12.6 Å². The third-order valence-electron chi connectivity index (χ3n) is 5.03. The van der Waals surface area contributed by atoms with Gasteiger partial charge in [-0.15, -0.1) is 0 Å². The van der Waals surface area contributed by atoms with Gasteiger partial charge in [0.15, 0.2) is 11.6 Å².